The van der Waals surface area contributed by atoms with E-state index in [4.69, 9.17) is 4.74 Å². The third kappa shape index (κ3) is 4.29. The van der Waals surface area contributed by atoms with E-state index >= 15 is 0 Å². The van der Waals surface area contributed by atoms with Crippen LogP contribution in [-0.2, 0) is 14.8 Å². The van der Waals surface area contributed by atoms with Gasteiger partial charge >= 0.3 is 0 Å². The number of sulfonamides is 1. The molecular formula is C16H26N2O3S. The van der Waals surface area contributed by atoms with Gasteiger partial charge in [-0.3, -0.25) is 0 Å². The molecule has 1 heterocycles. The summed E-state index contributed by atoms with van der Waals surface area (Å²) in [6.45, 7) is 9.20. The van der Waals surface area contributed by atoms with E-state index in [9.17, 15) is 8.42 Å². The van der Waals surface area contributed by atoms with Crippen LogP contribution in [-0.4, -0.2) is 38.8 Å². The topological polar surface area (TPSA) is 67.4 Å². The van der Waals surface area contributed by atoms with Gasteiger partial charge in [-0.2, -0.15) is 0 Å². The largest absolute Gasteiger partial charge is 0.368 e. The van der Waals surface area contributed by atoms with Gasteiger partial charge in [0.25, 0.3) is 0 Å². The highest BCUT2D eigenvalue weighted by molar-refractivity contribution is 7.89. The Balaban J connectivity index is 1.83. The lowest BCUT2D eigenvalue weighted by Gasteiger charge is -2.27. The van der Waals surface area contributed by atoms with E-state index in [1.54, 1.807) is 30.3 Å². The molecule has 1 aliphatic heterocycles. The SMILES string of the molecule is CC1(C)C[C@H](NCCNS(=O)(=O)c2ccccc2)C(C)(C)O1. The number of hydrogen-bond acceptors (Lipinski definition) is 4. The molecule has 0 aromatic heterocycles. The summed E-state index contributed by atoms with van der Waals surface area (Å²) in [4.78, 5) is 0.292. The molecule has 0 saturated carbocycles. The summed E-state index contributed by atoms with van der Waals surface area (Å²) in [6.07, 6.45) is 0.908. The van der Waals surface area contributed by atoms with Crippen LogP contribution >= 0.6 is 0 Å². The predicted octanol–water partition coefficient (Wildman–Crippen LogP) is 1.90. The molecule has 1 fully saturated rings. The van der Waals surface area contributed by atoms with Gasteiger partial charge in [0.05, 0.1) is 16.1 Å². The average Bonchev–Trinajstić information content (AvgIpc) is 2.63. The molecule has 6 heteroatoms. The highest BCUT2D eigenvalue weighted by Crippen LogP contribution is 2.36. The van der Waals surface area contributed by atoms with E-state index in [-0.39, 0.29) is 17.2 Å². The Hall–Kier alpha value is -0.950. The van der Waals surface area contributed by atoms with Gasteiger partial charge in [-0.05, 0) is 46.2 Å². The summed E-state index contributed by atoms with van der Waals surface area (Å²) < 4.78 is 32.8. The van der Waals surface area contributed by atoms with Gasteiger partial charge in [0.1, 0.15) is 0 Å². The van der Waals surface area contributed by atoms with Crippen molar-refractivity contribution in [1.29, 1.82) is 0 Å². The van der Waals surface area contributed by atoms with Crippen LogP contribution in [0, 0.1) is 0 Å². The fourth-order valence-electron chi connectivity index (χ4n) is 3.00. The molecule has 1 aromatic rings. The molecule has 5 nitrogen and oxygen atoms in total. The Morgan fingerprint density at radius 3 is 2.32 bits per heavy atom. The summed E-state index contributed by atoms with van der Waals surface area (Å²) >= 11 is 0. The first kappa shape index (κ1) is 17.4. The minimum atomic E-state index is -3.43. The Kier molecular flexibility index (Phi) is 4.96. The maximum Gasteiger partial charge on any atom is 0.240 e. The molecular weight excluding hydrogens is 300 g/mol. The summed E-state index contributed by atoms with van der Waals surface area (Å²) in [5.74, 6) is 0. The van der Waals surface area contributed by atoms with Crippen LogP contribution in [0.4, 0.5) is 0 Å². The summed E-state index contributed by atoms with van der Waals surface area (Å²) in [7, 11) is -3.43. The van der Waals surface area contributed by atoms with Crippen molar-refractivity contribution in [2.24, 2.45) is 0 Å². The lowest BCUT2D eigenvalue weighted by Crippen LogP contribution is -2.46. The summed E-state index contributed by atoms with van der Waals surface area (Å²) in [6, 6.07) is 8.62. The van der Waals surface area contributed by atoms with Crippen molar-refractivity contribution in [3.05, 3.63) is 30.3 Å². The lowest BCUT2D eigenvalue weighted by atomic mass is 9.94. The van der Waals surface area contributed by atoms with E-state index in [1.165, 1.54) is 0 Å². The Labute approximate surface area is 133 Å². The molecule has 0 bridgehead atoms. The molecule has 1 saturated heterocycles. The molecule has 22 heavy (non-hydrogen) atoms. The van der Waals surface area contributed by atoms with Gasteiger partial charge in [0, 0.05) is 19.1 Å². The number of rotatable bonds is 6. The van der Waals surface area contributed by atoms with E-state index in [0.29, 0.717) is 18.0 Å². The highest BCUT2D eigenvalue weighted by atomic mass is 32.2. The molecule has 1 aromatic carbocycles. The Bertz CT molecular complexity index is 597. The first-order chi connectivity index (χ1) is 10.1. The van der Waals surface area contributed by atoms with Gasteiger partial charge < -0.3 is 10.1 Å². The van der Waals surface area contributed by atoms with E-state index < -0.39 is 10.0 Å². The predicted molar refractivity (Wildman–Crippen MR) is 87.3 cm³/mol. The number of hydrogen-bond donors (Lipinski definition) is 2. The van der Waals surface area contributed by atoms with Crippen LogP contribution < -0.4 is 10.0 Å². The van der Waals surface area contributed by atoms with Crippen molar-refractivity contribution in [3.63, 3.8) is 0 Å². The highest BCUT2D eigenvalue weighted by Gasteiger charge is 2.45. The van der Waals surface area contributed by atoms with E-state index in [1.807, 2.05) is 0 Å². The van der Waals surface area contributed by atoms with Crippen molar-refractivity contribution in [2.45, 2.75) is 56.3 Å². The lowest BCUT2D eigenvalue weighted by molar-refractivity contribution is -0.0697. The van der Waals surface area contributed by atoms with E-state index in [0.717, 1.165) is 6.42 Å². The molecule has 0 amide bonds. The minimum absolute atomic E-state index is 0.148. The maximum absolute atomic E-state index is 12.1. The van der Waals surface area contributed by atoms with Gasteiger partial charge in [-0.25, -0.2) is 13.1 Å². The van der Waals surface area contributed by atoms with Gasteiger partial charge in [-0.15, -0.1) is 0 Å². The van der Waals surface area contributed by atoms with Crippen LogP contribution in [0.2, 0.25) is 0 Å². The van der Waals surface area contributed by atoms with Crippen molar-refractivity contribution in [1.82, 2.24) is 10.0 Å². The molecule has 2 rings (SSSR count). The number of nitrogens with one attached hydrogen (secondary N) is 2. The molecule has 124 valence electrons. The number of benzene rings is 1. The van der Waals surface area contributed by atoms with Crippen LogP contribution in [0.5, 0.6) is 0 Å². The first-order valence-corrected chi connectivity index (χ1v) is 9.09. The normalized spacial score (nSPS) is 23.5. The second-order valence-corrected chi connectivity index (χ2v) is 8.65. The monoisotopic (exact) mass is 326 g/mol. The number of ether oxygens (including phenoxy) is 1. The van der Waals surface area contributed by atoms with Gasteiger partial charge in [-0.1, -0.05) is 18.2 Å². The van der Waals surface area contributed by atoms with Gasteiger partial charge in [0.2, 0.25) is 10.0 Å². The fraction of sp³-hybridized carbons (Fsp3) is 0.625. The Morgan fingerprint density at radius 1 is 1.14 bits per heavy atom. The fourth-order valence-corrected chi connectivity index (χ4v) is 4.05. The van der Waals surface area contributed by atoms with E-state index in [2.05, 4.69) is 37.7 Å². The first-order valence-electron chi connectivity index (χ1n) is 7.61. The third-order valence-corrected chi connectivity index (χ3v) is 5.41. The maximum atomic E-state index is 12.1. The van der Waals surface area contributed by atoms with Crippen LogP contribution in [0.1, 0.15) is 34.1 Å². The molecule has 2 N–H and O–H groups in total. The third-order valence-electron chi connectivity index (χ3n) is 3.94. The zero-order valence-electron chi connectivity index (χ0n) is 13.7. The zero-order chi connectivity index (χ0) is 16.4. The smallest absolute Gasteiger partial charge is 0.240 e. The van der Waals surface area contributed by atoms with Crippen molar-refractivity contribution >= 4 is 10.0 Å². The second-order valence-electron chi connectivity index (χ2n) is 6.89. The molecule has 0 unspecified atom stereocenters. The molecule has 0 radical (unpaired) electrons. The zero-order valence-corrected chi connectivity index (χ0v) is 14.5. The summed E-state index contributed by atoms with van der Waals surface area (Å²) in [5, 5.41) is 3.40. The Morgan fingerprint density at radius 2 is 1.77 bits per heavy atom. The van der Waals surface area contributed by atoms with Gasteiger partial charge in [0.15, 0.2) is 0 Å². The van der Waals surface area contributed by atoms with Crippen molar-refractivity contribution < 1.29 is 13.2 Å². The molecule has 1 atom stereocenters. The summed E-state index contributed by atoms with van der Waals surface area (Å²) in [5.41, 5.74) is -0.396. The standard InChI is InChI=1S/C16H26N2O3S/c1-15(2)12-14(16(3,4)21-15)17-10-11-18-22(19,20)13-8-6-5-7-9-13/h5-9,14,17-18H,10-12H2,1-4H3/t14-/m0/s1. The minimum Gasteiger partial charge on any atom is -0.368 e. The van der Waals surface area contributed by atoms with Crippen LogP contribution in [0.3, 0.4) is 0 Å². The second kappa shape index (κ2) is 6.28. The van der Waals surface area contributed by atoms with Crippen LogP contribution in [0.25, 0.3) is 0 Å². The van der Waals surface area contributed by atoms with Crippen molar-refractivity contribution in [2.75, 3.05) is 13.1 Å². The molecule has 0 aliphatic carbocycles. The van der Waals surface area contributed by atoms with Crippen molar-refractivity contribution in [3.8, 4) is 0 Å². The molecule has 0 spiro atoms. The average molecular weight is 326 g/mol. The quantitative estimate of drug-likeness (QED) is 0.784. The van der Waals surface area contributed by atoms with Crippen LogP contribution in [0.15, 0.2) is 35.2 Å². The molecule has 1 aliphatic rings.